The molecule has 0 radical (unpaired) electrons. The van der Waals surface area contributed by atoms with Crippen LogP contribution in [-0.2, 0) is 11.2 Å². The van der Waals surface area contributed by atoms with Gasteiger partial charge >= 0.3 is 5.97 Å². The molecule has 0 saturated carbocycles. The average Bonchev–Trinajstić information content (AvgIpc) is 1.99. The van der Waals surface area contributed by atoms with Gasteiger partial charge in [0.25, 0.3) is 0 Å². The van der Waals surface area contributed by atoms with Crippen molar-refractivity contribution < 1.29 is 14.3 Å². The molecule has 0 bridgehead atoms. The Morgan fingerprint density at radius 2 is 2.07 bits per heavy atom. The van der Waals surface area contributed by atoms with Crippen molar-refractivity contribution in [2.75, 3.05) is 0 Å². The monoisotopic (exact) mass is 274 g/mol. The summed E-state index contributed by atoms with van der Waals surface area (Å²) in [6.07, 6.45) is 0.304. The maximum absolute atomic E-state index is 13.0. The maximum atomic E-state index is 13.0. The van der Waals surface area contributed by atoms with Crippen LogP contribution in [0, 0.1) is 11.2 Å². The lowest BCUT2D eigenvalue weighted by Crippen LogP contribution is -2.26. The van der Waals surface area contributed by atoms with E-state index in [1.54, 1.807) is 19.9 Å². The van der Waals surface area contributed by atoms with Crippen molar-refractivity contribution in [2.45, 2.75) is 20.3 Å². The van der Waals surface area contributed by atoms with Crippen LogP contribution >= 0.6 is 15.9 Å². The highest BCUT2D eigenvalue weighted by atomic mass is 79.9. The second-order valence-electron chi connectivity index (χ2n) is 4.14. The van der Waals surface area contributed by atoms with E-state index in [2.05, 4.69) is 15.9 Å². The van der Waals surface area contributed by atoms with E-state index < -0.39 is 11.4 Å². The van der Waals surface area contributed by atoms with Crippen LogP contribution in [0.15, 0.2) is 22.7 Å². The third-order valence-corrected chi connectivity index (χ3v) is 2.61. The van der Waals surface area contributed by atoms with Gasteiger partial charge in [0.1, 0.15) is 5.82 Å². The van der Waals surface area contributed by atoms with Crippen LogP contribution in [0.3, 0.4) is 0 Å². The van der Waals surface area contributed by atoms with Crippen LogP contribution in [0.2, 0.25) is 0 Å². The van der Waals surface area contributed by atoms with Crippen LogP contribution in [0.1, 0.15) is 19.4 Å². The van der Waals surface area contributed by atoms with Crippen molar-refractivity contribution >= 4 is 21.9 Å². The second-order valence-corrected chi connectivity index (χ2v) is 5.06. The van der Waals surface area contributed by atoms with Crippen molar-refractivity contribution in [2.24, 2.45) is 5.41 Å². The summed E-state index contributed by atoms with van der Waals surface area (Å²) in [5.41, 5.74) is -0.206. The van der Waals surface area contributed by atoms with Crippen molar-refractivity contribution in [1.82, 2.24) is 0 Å². The van der Waals surface area contributed by atoms with Gasteiger partial charge in [0, 0.05) is 4.47 Å². The Hall–Kier alpha value is -0.900. The topological polar surface area (TPSA) is 37.3 Å². The minimum absolute atomic E-state index is 0.304. The molecule has 15 heavy (non-hydrogen) atoms. The fourth-order valence-electron chi connectivity index (χ4n) is 1.30. The number of aliphatic carboxylic acids is 1. The number of rotatable bonds is 3. The van der Waals surface area contributed by atoms with Gasteiger partial charge < -0.3 is 5.11 Å². The molecule has 1 rings (SSSR count). The van der Waals surface area contributed by atoms with Crippen molar-refractivity contribution in [3.05, 3.63) is 34.1 Å². The molecule has 0 aliphatic carbocycles. The Morgan fingerprint density at radius 1 is 1.47 bits per heavy atom. The summed E-state index contributed by atoms with van der Waals surface area (Å²) in [5.74, 6) is -1.25. The fourth-order valence-corrected chi connectivity index (χ4v) is 1.81. The molecule has 1 aromatic rings. The molecule has 0 fully saturated rings. The molecule has 0 atom stereocenters. The number of benzene rings is 1. The molecule has 82 valence electrons. The molecule has 0 heterocycles. The number of carbonyl (C=O) groups is 1. The molecule has 1 aromatic carbocycles. The van der Waals surface area contributed by atoms with Crippen molar-refractivity contribution in [3.8, 4) is 0 Å². The van der Waals surface area contributed by atoms with E-state index >= 15 is 0 Å². The molecule has 0 saturated heterocycles. The number of carboxylic acids is 1. The van der Waals surface area contributed by atoms with Gasteiger partial charge in [-0.1, -0.05) is 15.9 Å². The summed E-state index contributed by atoms with van der Waals surface area (Å²) in [5, 5.41) is 8.94. The molecule has 4 heteroatoms. The lowest BCUT2D eigenvalue weighted by Gasteiger charge is -2.19. The zero-order valence-electron chi connectivity index (χ0n) is 8.55. The minimum atomic E-state index is -0.886. The number of halogens is 2. The number of carboxylic acid groups (broad SMARTS) is 1. The predicted molar refractivity (Wildman–Crippen MR) is 59.2 cm³/mol. The predicted octanol–water partition coefficient (Wildman–Crippen LogP) is 3.24. The molecule has 0 aromatic heterocycles. The Labute approximate surface area is 96.2 Å². The summed E-state index contributed by atoms with van der Waals surface area (Å²) in [7, 11) is 0. The Kier molecular flexibility index (Phi) is 3.50. The highest BCUT2D eigenvalue weighted by Gasteiger charge is 2.27. The normalized spacial score (nSPS) is 11.5. The van der Waals surface area contributed by atoms with Crippen LogP contribution in [0.4, 0.5) is 4.39 Å². The van der Waals surface area contributed by atoms with Gasteiger partial charge in [0.15, 0.2) is 0 Å². The largest absolute Gasteiger partial charge is 0.481 e. The fraction of sp³-hybridized carbons (Fsp3) is 0.364. The van der Waals surface area contributed by atoms with Gasteiger partial charge in [-0.3, -0.25) is 4.79 Å². The van der Waals surface area contributed by atoms with Crippen LogP contribution in [-0.4, -0.2) is 11.1 Å². The molecule has 0 amide bonds. The van der Waals surface area contributed by atoms with Gasteiger partial charge in [-0.05, 0) is 44.0 Å². The van der Waals surface area contributed by atoms with Gasteiger partial charge in [-0.15, -0.1) is 0 Å². The third-order valence-electron chi connectivity index (χ3n) is 2.15. The number of hydrogen-bond acceptors (Lipinski definition) is 1. The molecular weight excluding hydrogens is 263 g/mol. The first-order chi connectivity index (χ1) is 6.81. The van der Waals surface area contributed by atoms with E-state index in [-0.39, 0.29) is 5.82 Å². The van der Waals surface area contributed by atoms with E-state index in [1.165, 1.54) is 12.1 Å². The summed E-state index contributed by atoms with van der Waals surface area (Å²) < 4.78 is 13.7. The first-order valence-electron chi connectivity index (χ1n) is 4.49. The van der Waals surface area contributed by atoms with Crippen LogP contribution in [0.25, 0.3) is 0 Å². The van der Waals surface area contributed by atoms with Crippen molar-refractivity contribution in [1.29, 1.82) is 0 Å². The Bertz CT molecular complexity index is 368. The molecule has 0 unspecified atom stereocenters. The molecule has 0 aliphatic rings. The SMILES string of the molecule is CC(C)(Cc1cc(F)cc(Br)c1)C(=O)O. The van der Waals surface area contributed by atoms with Gasteiger partial charge in [-0.2, -0.15) is 0 Å². The van der Waals surface area contributed by atoms with E-state index in [0.717, 1.165) is 0 Å². The summed E-state index contributed by atoms with van der Waals surface area (Å²) in [6, 6.07) is 4.43. The van der Waals surface area contributed by atoms with Gasteiger partial charge in [0.2, 0.25) is 0 Å². The van der Waals surface area contributed by atoms with E-state index in [4.69, 9.17) is 5.11 Å². The van der Waals surface area contributed by atoms with Crippen molar-refractivity contribution in [3.63, 3.8) is 0 Å². The first-order valence-corrected chi connectivity index (χ1v) is 5.29. The van der Waals surface area contributed by atoms with Gasteiger partial charge in [0.05, 0.1) is 5.41 Å². The maximum Gasteiger partial charge on any atom is 0.309 e. The Morgan fingerprint density at radius 3 is 2.53 bits per heavy atom. The summed E-state index contributed by atoms with van der Waals surface area (Å²) in [4.78, 5) is 10.9. The molecule has 1 N–H and O–H groups in total. The molecule has 0 aliphatic heterocycles. The van der Waals surface area contributed by atoms with E-state index in [1.807, 2.05) is 0 Å². The first kappa shape index (κ1) is 12.2. The van der Waals surface area contributed by atoms with E-state index in [9.17, 15) is 9.18 Å². The molecule has 2 nitrogen and oxygen atoms in total. The standard InChI is InChI=1S/C11H12BrFO2/c1-11(2,10(14)15)6-7-3-8(12)5-9(13)4-7/h3-5H,6H2,1-2H3,(H,14,15). The quantitative estimate of drug-likeness (QED) is 0.919. The van der Waals surface area contributed by atoms with E-state index in [0.29, 0.717) is 16.5 Å². The zero-order chi connectivity index (χ0) is 11.6. The smallest absolute Gasteiger partial charge is 0.309 e. The lowest BCUT2D eigenvalue weighted by molar-refractivity contribution is -0.146. The summed E-state index contributed by atoms with van der Waals surface area (Å²) >= 11 is 3.17. The Balaban J connectivity index is 2.94. The highest BCUT2D eigenvalue weighted by molar-refractivity contribution is 9.10. The zero-order valence-corrected chi connectivity index (χ0v) is 10.1. The molecular formula is C11H12BrFO2. The average molecular weight is 275 g/mol. The lowest BCUT2D eigenvalue weighted by atomic mass is 9.86. The minimum Gasteiger partial charge on any atom is -0.481 e. The van der Waals surface area contributed by atoms with Gasteiger partial charge in [-0.25, -0.2) is 4.39 Å². The summed E-state index contributed by atoms with van der Waals surface area (Å²) in [6.45, 7) is 3.24. The second kappa shape index (κ2) is 4.31. The number of hydrogen-bond donors (Lipinski definition) is 1. The van der Waals surface area contributed by atoms with Crippen LogP contribution in [0.5, 0.6) is 0 Å². The highest BCUT2D eigenvalue weighted by Crippen LogP contribution is 2.24. The molecule has 0 spiro atoms. The van der Waals surface area contributed by atoms with Crippen LogP contribution < -0.4 is 0 Å². The third kappa shape index (κ3) is 3.30.